The molecule has 6 nitrogen and oxygen atoms in total. The number of nitrogens with zero attached hydrogens (tertiary/aromatic N) is 2. The molecule has 1 amide bonds. The van der Waals surface area contributed by atoms with Gasteiger partial charge in [-0.15, -0.1) is 0 Å². The number of hydrogen-bond acceptors (Lipinski definition) is 4. The number of benzene rings is 3. The highest BCUT2D eigenvalue weighted by molar-refractivity contribution is 6.43. The zero-order chi connectivity index (χ0) is 23.9. The van der Waals surface area contributed by atoms with E-state index < -0.39 is 11.7 Å². The van der Waals surface area contributed by atoms with Crippen molar-refractivity contribution in [1.82, 2.24) is 15.1 Å². The van der Waals surface area contributed by atoms with E-state index in [2.05, 4.69) is 10.4 Å². The number of ketones is 1. The Morgan fingerprint density at radius 3 is 2.15 bits per heavy atom. The SMILES string of the molecule is Cc1nn(-c2ccccc2)c(C)c1C(=O)C(=O)NCc1ccccc1COCc1ccccc1. The standard InChI is InChI=1S/C28H27N3O3/c1-20-26(21(2)31(30-20)25-15-7-4-8-16-25)27(32)28(33)29-17-23-13-9-10-14-24(23)19-34-18-22-11-5-3-6-12-22/h3-16H,17-19H2,1-2H3,(H,29,33). The molecule has 4 rings (SSSR count). The predicted molar refractivity (Wildman–Crippen MR) is 131 cm³/mol. The monoisotopic (exact) mass is 453 g/mol. The van der Waals surface area contributed by atoms with E-state index in [0.29, 0.717) is 30.2 Å². The molecule has 0 spiro atoms. The molecule has 0 saturated carbocycles. The van der Waals surface area contributed by atoms with Crippen LogP contribution in [0.4, 0.5) is 0 Å². The Morgan fingerprint density at radius 1 is 0.824 bits per heavy atom. The average Bonchev–Trinajstić information content (AvgIpc) is 3.17. The van der Waals surface area contributed by atoms with E-state index in [0.717, 1.165) is 22.4 Å². The molecule has 0 atom stereocenters. The third-order valence-corrected chi connectivity index (χ3v) is 5.65. The fourth-order valence-electron chi connectivity index (χ4n) is 3.89. The third kappa shape index (κ3) is 5.30. The molecule has 1 aromatic heterocycles. The Bertz CT molecular complexity index is 1280. The van der Waals surface area contributed by atoms with Gasteiger partial charge in [-0.25, -0.2) is 4.68 Å². The van der Waals surface area contributed by atoms with E-state index in [1.807, 2.05) is 84.9 Å². The smallest absolute Gasteiger partial charge is 0.292 e. The van der Waals surface area contributed by atoms with Crippen LogP contribution < -0.4 is 5.32 Å². The molecule has 6 heteroatoms. The first-order valence-electron chi connectivity index (χ1n) is 11.2. The van der Waals surface area contributed by atoms with Crippen molar-refractivity contribution in [2.75, 3.05) is 0 Å². The Morgan fingerprint density at radius 2 is 1.44 bits per heavy atom. The molecule has 0 fully saturated rings. The average molecular weight is 454 g/mol. The van der Waals surface area contributed by atoms with Crippen molar-refractivity contribution in [2.24, 2.45) is 0 Å². The maximum atomic E-state index is 13.0. The van der Waals surface area contributed by atoms with E-state index >= 15 is 0 Å². The lowest BCUT2D eigenvalue weighted by atomic mass is 10.1. The molecule has 0 bridgehead atoms. The number of carbonyl (C=O) groups excluding carboxylic acids is 2. The molecule has 0 aliphatic carbocycles. The van der Waals surface area contributed by atoms with Gasteiger partial charge < -0.3 is 10.1 Å². The number of hydrogen-bond donors (Lipinski definition) is 1. The lowest BCUT2D eigenvalue weighted by Gasteiger charge is -2.11. The van der Waals surface area contributed by atoms with Crippen molar-refractivity contribution in [2.45, 2.75) is 33.6 Å². The largest absolute Gasteiger partial charge is 0.372 e. The van der Waals surface area contributed by atoms with Gasteiger partial charge in [-0.3, -0.25) is 9.59 Å². The molecular weight excluding hydrogens is 426 g/mol. The van der Waals surface area contributed by atoms with Gasteiger partial charge in [0.2, 0.25) is 0 Å². The normalized spacial score (nSPS) is 10.8. The van der Waals surface area contributed by atoms with Crippen molar-refractivity contribution in [1.29, 1.82) is 0 Å². The summed E-state index contributed by atoms with van der Waals surface area (Å²) in [6.07, 6.45) is 0. The van der Waals surface area contributed by atoms with Crippen LogP contribution in [0.3, 0.4) is 0 Å². The van der Waals surface area contributed by atoms with Crippen molar-refractivity contribution in [3.05, 3.63) is 119 Å². The number of rotatable bonds is 9. The summed E-state index contributed by atoms with van der Waals surface area (Å²) >= 11 is 0. The minimum atomic E-state index is -0.654. The molecule has 1 N–H and O–H groups in total. The second-order valence-corrected chi connectivity index (χ2v) is 8.05. The van der Waals surface area contributed by atoms with Crippen molar-refractivity contribution in [3.8, 4) is 5.69 Å². The summed E-state index contributed by atoms with van der Waals surface area (Å²) in [5.41, 5.74) is 5.31. The second-order valence-electron chi connectivity index (χ2n) is 8.05. The van der Waals surface area contributed by atoms with Gasteiger partial charge in [0, 0.05) is 6.54 Å². The molecule has 0 saturated heterocycles. The zero-order valence-corrected chi connectivity index (χ0v) is 19.3. The molecule has 4 aromatic rings. The summed E-state index contributed by atoms with van der Waals surface area (Å²) in [4.78, 5) is 25.7. The first kappa shape index (κ1) is 23.1. The second kappa shape index (κ2) is 10.7. The van der Waals surface area contributed by atoms with Gasteiger partial charge in [0.25, 0.3) is 11.7 Å². The van der Waals surface area contributed by atoms with Gasteiger partial charge in [-0.2, -0.15) is 5.10 Å². The van der Waals surface area contributed by atoms with Crippen LogP contribution in [0.25, 0.3) is 5.69 Å². The number of carbonyl (C=O) groups is 2. The van der Waals surface area contributed by atoms with E-state index in [1.165, 1.54) is 0 Å². The minimum Gasteiger partial charge on any atom is -0.372 e. The van der Waals surface area contributed by atoms with Crippen LogP contribution >= 0.6 is 0 Å². The van der Waals surface area contributed by atoms with Crippen LogP contribution in [0.2, 0.25) is 0 Å². The van der Waals surface area contributed by atoms with Gasteiger partial charge in [-0.1, -0.05) is 72.8 Å². The number of Topliss-reactive ketones (excluding diaryl/α,β-unsaturated/α-hetero) is 1. The fourth-order valence-corrected chi connectivity index (χ4v) is 3.89. The Balaban J connectivity index is 1.41. The van der Waals surface area contributed by atoms with Crippen LogP contribution in [0.5, 0.6) is 0 Å². The van der Waals surface area contributed by atoms with Crippen LogP contribution in [0.15, 0.2) is 84.9 Å². The summed E-state index contributed by atoms with van der Waals surface area (Å²) in [7, 11) is 0. The Hall–Kier alpha value is -4.03. The maximum absolute atomic E-state index is 13.0. The number of nitrogens with one attached hydrogen (secondary N) is 1. The number of para-hydroxylation sites is 1. The molecule has 0 aliphatic heterocycles. The molecule has 172 valence electrons. The first-order chi connectivity index (χ1) is 16.5. The molecule has 0 radical (unpaired) electrons. The summed E-state index contributed by atoms with van der Waals surface area (Å²) in [5, 5.41) is 7.24. The quantitative estimate of drug-likeness (QED) is 0.294. The van der Waals surface area contributed by atoms with Crippen LogP contribution in [-0.2, 0) is 29.3 Å². The van der Waals surface area contributed by atoms with Gasteiger partial charge in [-0.05, 0) is 42.7 Å². The summed E-state index contributed by atoms with van der Waals surface area (Å²) < 4.78 is 7.55. The van der Waals surface area contributed by atoms with Crippen molar-refractivity contribution < 1.29 is 14.3 Å². The molecule has 1 heterocycles. The lowest BCUT2D eigenvalue weighted by Crippen LogP contribution is -2.31. The first-order valence-corrected chi connectivity index (χ1v) is 11.2. The molecular formula is C28H27N3O3. The third-order valence-electron chi connectivity index (χ3n) is 5.65. The molecule has 0 aliphatic rings. The number of aromatic nitrogens is 2. The van der Waals surface area contributed by atoms with Crippen LogP contribution in [0, 0.1) is 13.8 Å². The van der Waals surface area contributed by atoms with Crippen molar-refractivity contribution in [3.63, 3.8) is 0 Å². The van der Waals surface area contributed by atoms with Gasteiger partial charge >= 0.3 is 0 Å². The van der Waals surface area contributed by atoms with Crippen LogP contribution in [-0.4, -0.2) is 21.5 Å². The highest BCUT2D eigenvalue weighted by atomic mass is 16.5. The summed E-state index contributed by atoms with van der Waals surface area (Å²) in [6.45, 7) is 4.69. The molecule has 3 aromatic carbocycles. The summed E-state index contributed by atoms with van der Waals surface area (Å²) in [6, 6.07) is 27.2. The van der Waals surface area contributed by atoms with Crippen LogP contribution in [0.1, 0.15) is 38.4 Å². The topological polar surface area (TPSA) is 73.2 Å². The predicted octanol–water partition coefficient (Wildman–Crippen LogP) is 4.71. The highest BCUT2D eigenvalue weighted by Crippen LogP contribution is 2.19. The number of aryl methyl sites for hydroxylation is 1. The number of amides is 1. The number of ether oxygens (including phenoxy) is 1. The van der Waals surface area contributed by atoms with Crippen molar-refractivity contribution >= 4 is 11.7 Å². The summed E-state index contributed by atoms with van der Waals surface area (Å²) in [5.74, 6) is -1.24. The zero-order valence-electron chi connectivity index (χ0n) is 19.3. The van der Waals surface area contributed by atoms with E-state index in [1.54, 1.807) is 18.5 Å². The van der Waals surface area contributed by atoms with Gasteiger partial charge in [0.05, 0.1) is 35.9 Å². The van der Waals surface area contributed by atoms with Gasteiger partial charge in [0.15, 0.2) is 0 Å². The molecule has 34 heavy (non-hydrogen) atoms. The Kier molecular flexibility index (Phi) is 7.30. The van der Waals surface area contributed by atoms with E-state index in [4.69, 9.17) is 4.74 Å². The van der Waals surface area contributed by atoms with Gasteiger partial charge in [0.1, 0.15) is 0 Å². The molecule has 0 unspecified atom stereocenters. The lowest BCUT2D eigenvalue weighted by molar-refractivity contribution is -0.117. The minimum absolute atomic E-state index is 0.236. The van der Waals surface area contributed by atoms with E-state index in [9.17, 15) is 9.59 Å². The highest BCUT2D eigenvalue weighted by Gasteiger charge is 2.25. The fraction of sp³-hybridized carbons (Fsp3) is 0.179. The maximum Gasteiger partial charge on any atom is 0.292 e. The Labute approximate surface area is 199 Å². The van der Waals surface area contributed by atoms with E-state index in [-0.39, 0.29) is 6.54 Å².